The summed E-state index contributed by atoms with van der Waals surface area (Å²) in [5.74, 6) is -0.380. The standard InChI is InChI=1S/C12H12BrNO2/c1-8(15)16-14-12-4-2-3-9-5-6-10(13)7-11(9)12/h5-7H,2-4H2,1H3. The normalized spacial score (nSPS) is 17.0. The van der Waals surface area contributed by atoms with Crippen LogP contribution in [-0.4, -0.2) is 11.7 Å². The van der Waals surface area contributed by atoms with Crippen LogP contribution < -0.4 is 0 Å². The van der Waals surface area contributed by atoms with Gasteiger partial charge in [-0.2, -0.15) is 0 Å². The fourth-order valence-electron chi connectivity index (χ4n) is 1.83. The lowest BCUT2D eigenvalue weighted by Gasteiger charge is -2.17. The number of aryl methyl sites for hydroxylation is 1. The molecule has 0 radical (unpaired) electrons. The van der Waals surface area contributed by atoms with E-state index in [9.17, 15) is 4.79 Å². The average Bonchev–Trinajstić information content (AvgIpc) is 2.26. The van der Waals surface area contributed by atoms with Crippen LogP contribution in [0.1, 0.15) is 30.9 Å². The molecule has 0 atom stereocenters. The number of oxime groups is 1. The number of carbonyl (C=O) groups is 1. The summed E-state index contributed by atoms with van der Waals surface area (Å²) in [6.45, 7) is 1.36. The van der Waals surface area contributed by atoms with E-state index in [0.29, 0.717) is 0 Å². The minimum atomic E-state index is -0.380. The van der Waals surface area contributed by atoms with Crippen LogP contribution in [-0.2, 0) is 16.1 Å². The third kappa shape index (κ3) is 2.50. The number of benzene rings is 1. The molecule has 0 spiro atoms. The predicted octanol–water partition coefficient (Wildman–Crippen LogP) is 3.05. The second-order valence-corrected chi connectivity index (χ2v) is 4.69. The molecule has 2 rings (SSSR count). The molecule has 0 aromatic heterocycles. The molecule has 0 amide bonds. The number of hydrogen-bond acceptors (Lipinski definition) is 3. The molecule has 4 heteroatoms. The van der Waals surface area contributed by atoms with Gasteiger partial charge in [-0.25, -0.2) is 4.79 Å². The Kier molecular flexibility index (Phi) is 3.39. The van der Waals surface area contributed by atoms with Gasteiger partial charge in [0.2, 0.25) is 0 Å². The van der Waals surface area contributed by atoms with Gasteiger partial charge in [-0.15, -0.1) is 0 Å². The van der Waals surface area contributed by atoms with Crippen LogP contribution in [0.5, 0.6) is 0 Å². The van der Waals surface area contributed by atoms with E-state index in [1.54, 1.807) is 0 Å². The number of halogens is 1. The van der Waals surface area contributed by atoms with Gasteiger partial charge in [0.1, 0.15) is 0 Å². The first-order chi connectivity index (χ1) is 7.66. The van der Waals surface area contributed by atoms with Crippen molar-refractivity contribution in [2.24, 2.45) is 5.16 Å². The molecule has 1 aromatic carbocycles. The van der Waals surface area contributed by atoms with Gasteiger partial charge in [0, 0.05) is 17.0 Å². The molecule has 0 N–H and O–H groups in total. The molecule has 0 aliphatic heterocycles. The first kappa shape index (κ1) is 11.3. The first-order valence-electron chi connectivity index (χ1n) is 5.20. The van der Waals surface area contributed by atoms with Gasteiger partial charge in [-0.1, -0.05) is 27.2 Å². The monoisotopic (exact) mass is 281 g/mol. The van der Waals surface area contributed by atoms with Gasteiger partial charge >= 0.3 is 5.97 Å². The number of nitrogens with zero attached hydrogens (tertiary/aromatic N) is 1. The van der Waals surface area contributed by atoms with Crippen molar-refractivity contribution in [3.63, 3.8) is 0 Å². The molecule has 84 valence electrons. The molecule has 0 saturated carbocycles. The van der Waals surface area contributed by atoms with E-state index >= 15 is 0 Å². The Balaban J connectivity index is 2.35. The Morgan fingerprint density at radius 2 is 2.25 bits per heavy atom. The minimum Gasteiger partial charge on any atom is -0.318 e. The predicted molar refractivity (Wildman–Crippen MR) is 65.4 cm³/mol. The van der Waals surface area contributed by atoms with Crippen molar-refractivity contribution < 1.29 is 9.63 Å². The third-order valence-corrected chi connectivity index (χ3v) is 3.02. The van der Waals surface area contributed by atoms with Gasteiger partial charge in [-0.3, -0.25) is 0 Å². The highest BCUT2D eigenvalue weighted by Gasteiger charge is 2.16. The SMILES string of the molecule is CC(=O)ON=C1CCCc2ccc(Br)cc21. The van der Waals surface area contributed by atoms with Gasteiger partial charge in [-0.05, 0) is 37.0 Å². The van der Waals surface area contributed by atoms with E-state index in [-0.39, 0.29) is 5.97 Å². The zero-order valence-electron chi connectivity index (χ0n) is 9.00. The molecule has 0 fully saturated rings. The highest BCUT2D eigenvalue weighted by molar-refractivity contribution is 9.10. The summed E-state index contributed by atoms with van der Waals surface area (Å²) in [6, 6.07) is 6.13. The summed E-state index contributed by atoms with van der Waals surface area (Å²) in [4.78, 5) is 15.4. The second-order valence-electron chi connectivity index (χ2n) is 3.78. The Morgan fingerprint density at radius 1 is 1.44 bits per heavy atom. The molecule has 16 heavy (non-hydrogen) atoms. The van der Waals surface area contributed by atoms with Crippen molar-refractivity contribution in [1.29, 1.82) is 0 Å². The minimum absolute atomic E-state index is 0.380. The van der Waals surface area contributed by atoms with Crippen LogP contribution in [0.15, 0.2) is 27.8 Å². The van der Waals surface area contributed by atoms with Crippen LogP contribution >= 0.6 is 15.9 Å². The van der Waals surface area contributed by atoms with Crippen molar-refractivity contribution in [2.45, 2.75) is 26.2 Å². The summed E-state index contributed by atoms with van der Waals surface area (Å²) in [5, 5.41) is 3.91. The summed E-state index contributed by atoms with van der Waals surface area (Å²) in [5.41, 5.74) is 3.21. The lowest BCUT2D eigenvalue weighted by molar-refractivity contribution is -0.140. The van der Waals surface area contributed by atoms with E-state index in [2.05, 4.69) is 27.2 Å². The van der Waals surface area contributed by atoms with Gasteiger partial charge in [0.15, 0.2) is 0 Å². The second kappa shape index (κ2) is 4.78. The maximum Gasteiger partial charge on any atom is 0.331 e. The number of fused-ring (bicyclic) bond motifs is 1. The molecule has 0 heterocycles. The van der Waals surface area contributed by atoms with Gasteiger partial charge < -0.3 is 4.84 Å². The van der Waals surface area contributed by atoms with E-state index in [1.807, 2.05) is 12.1 Å². The summed E-state index contributed by atoms with van der Waals surface area (Å²) in [7, 11) is 0. The maximum atomic E-state index is 10.7. The molecule has 0 saturated heterocycles. The fourth-order valence-corrected chi connectivity index (χ4v) is 2.19. The molecule has 1 aliphatic carbocycles. The molecular weight excluding hydrogens is 270 g/mol. The topological polar surface area (TPSA) is 38.7 Å². The molecule has 0 unspecified atom stereocenters. The van der Waals surface area contributed by atoms with Crippen molar-refractivity contribution in [3.05, 3.63) is 33.8 Å². The van der Waals surface area contributed by atoms with E-state index in [4.69, 9.17) is 4.84 Å². The first-order valence-corrected chi connectivity index (χ1v) is 5.99. The van der Waals surface area contributed by atoms with Crippen molar-refractivity contribution in [2.75, 3.05) is 0 Å². The lowest BCUT2D eigenvalue weighted by Crippen LogP contribution is -2.13. The summed E-state index contributed by atoms with van der Waals surface area (Å²) >= 11 is 3.44. The lowest BCUT2D eigenvalue weighted by atomic mass is 9.90. The summed E-state index contributed by atoms with van der Waals surface area (Å²) < 4.78 is 1.02. The number of hydrogen-bond donors (Lipinski definition) is 0. The van der Waals surface area contributed by atoms with E-state index < -0.39 is 0 Å². The zero-order valence-corrected chi connectivity index (χ0v) is 10.6. The third-order valence-electron chi connectivity index (χ3n) is 2.53. The van der Waals surface area contributed by atoms with Crippen LogP contribution in [0, 0.1) is 0 Å². The number of rotatable bonds is 1. The quantitative estimate of drug-likeness (QED) is 0.586. The van der Waals surface area contributed by atoms with Crippen molar-refractivity contribution in [1.82, 2.24) is 0 Å². The smallest absolute Gasteiger partial charge is 0.318 e. The van der Waals surface area contributed by atoms with Crippen LogP contribution in [0.25, 0.3) is 0 Å². The van der Waals surface area contributed by atoms with Crippen molar-refractivity contribution >= 4 is 27.6 Å². The summed E-state index contributed by atoms with van der Waals surface area (Å²) in [6.07, 6.45) is 2.97. The molecule has 1 aliphatic rings. The Hall–Kier alpha value is -1.16. The highest BCUT2D eigenvalue weighted by atomic mass is 79.9. The van der Waals surface area contributed by atoms with Crippen LogP contribution in [0.3, 0.4) is 0 Å². The maximum absolute atomic E-state index is 10.7. The Bertz CT molecular complexity index is 454. The zero-order chi connectivity index (χ0) is 11.5. The van der Waals surface area contributed by atoms with Gasteiger partial charge in [0.05, 0.1) is 5.71 Å². The molecular formula is C12H12BrNO2. The molecule has 0 bridgehead atoms. The average molecular weight is 282 g/mol. The highest BCUT2D eigenvalue weighted by Crippen LogP contribution is 2.25. The fraction of sp³-hybridized carbons (Fsp3) is 0.333. The van der Waals surface area contributed by atoms with Crippen LogP contribution in [0.4, 0.5) is 0 Å². The molecule has 3 nitrogen and oxygen atoms in total. The van der Waals surface area contributed by atoms with E-state index in [1.165, 1.54) is 12.5 Å². The van der Waals surface area contributed by atoms with E-state index in [0.717, 1.165) is 35.0 Å². The molecule has 1 aromatic rings. The van der Waals surface area contributed by atoms with Crippen LogP contribution in [0.2, 0.25) is 0 Å². The van der Waals surface area contributed by atoms with Crippen molar-refractivity contribution in [3.8, 4) is 0 Å². The Morgan fingerprint density at radius 3 is 3.00 bits per heavy atom. The van der Waals surface area contributed by atoms with Gasteiger partial charge in [0.25, 0.3) is 0 Å². The Labute approximate surface area is 103 Å². The number of carbonyl (C=O) groups excluding carboxylic acids is 1. The largest absolute Gasteiger partial charge is 0.331 e.